The highest BCUT2D eigenvalue weighted by atomic mass is 16.6. The van der Waals surface area contributed by atoms with E-state index >= 15 is 0 Å². The van der Waals surface area contributed by atoms with Gasteiger partial charge in [0.25, 0.3) is 5.69 Å². The second-order valence-electron chi connectivity index (χ2n) is 6.91. The minimum Gasteiger partial charge on any atom is -0.497 e. The number of hydrogen-bond donors (Lipinski definition) is 0. The lowest BCUT2D eigenvalue weighted by atomic mass is 10.1. The quantitative estimate of drug-likeness (QED) is 0.487. The summed E-state index contributed by atoms with van der Waals surface area (Å²) in [7, 11) is 1.60. The van der Waals surface area contributed by atoms with Crippen molar-refractivity contribution in [2.45, 2.75) is 6.42 Å². The van der Waals surface area contributed by atoms with Gasteiger partial charge in [0.2, 0.25) is 5.91 Å². The van der Waals surface area contributed by atoms with Gasteiger partial charge in [0.15, 0.2) is 0 Å². The van der Waals surface area contributed by atoms with Crippen molar-refractivity contribution < 1.29 is 18.9 Å². The van der Waals surface area contributed by atoms with Gasteiger partial charge < -0.3 is 19.0 Å². The summed E-state index contributed by atoms with van der Waals surface area (Å²) in [6, 6.07) is 12.2. The molecular weight excluding hydrogens is 374 g/mol. The number of anilines is 1. The number of carbonyl (C=O) groups excluding carboxylic acids is 1. The Kier molecular flexibility index (Phi) is 5.07. The van der Waals surface area contributed by atoms with E-state index in [1.807, 2.05) is 17.0 Å². The van der Waals surface area contributed by atoms with Gasteiger partial charge in [-0.25, -0.2) is 0 Å². The Morgan fingerprint density at radius 1 is 1.17 bits per heavy atom. The Labute approximate surface area is 167 Å². The first kappa shape index (κ1) is 18.8. The zero-order chi connectivity index (χ0) is 20.4. The van der Waals surface area contributed by atoms with E-state index < -0.39 is 0 Å². The molecule has 8 heteroatoms. The van der Waals surface area contributed by atoms with E-state index in [1.54, 1.807) is 42.5 Å². The van der Waals surface area contributed by atoms with Gasteiger partial charge in [0, 0.05) is 49.3 Å². The molecule has 1 amide bonds. The van der Waals surface area contributed by atoms with Gasteiger partial charge in [-0.1, -0.05) is 12.1 Å². The van der Waals surface area contributed by atoms with E-state index in [1.165, 1.54) is 6.07 Å². The Morgan fingerprint density at radius 2 is 1.93 bits per heavy atom. The molecule has 0 spiro atoms. The first-order valence-corrected chi connectivity index (χ1v) is 9.37. The summed E-state index contributed by atoms with van der Waals surface area (Å²) in [5.74, 6) is 0.724. The minimum absolute atomic E-state index is 0.0192. The second-order valence-corrected chi connectivity index (χ2v) is 6.91. The second kappa shape index (κ2) is 7.83. The standard InChI is InChI=1S/C21H21N3O5/c1-28-16-6-7-17-15(14-29-20(17)13-16)12-21(25)23-10-8-22(9-11-23)18-4-2-3-5-19(18)24(26)27/h2-7,13-14H,8-12H2,1H3. The fraction of sp³-hybridized carbons (Fsp3) is 0.286. The van der Waals surface area contributed by atoms with Crippen LogP contribution in [0.4, 0.5) is 11.4 Å². The molecule has 1 aliphatic rings. The van der Waals surface area contributed by atoms with E-state index in [-0.39, 0.29) is 22.9 Å². The van der Waals surface area contributed by atoms with Gasteiger partial charge in [-0.2, -0.15) is 0 Å². The van der Waals surface area contributed by atoms with Crippen molar-refractivity contribution in [1.29, 1.82) is 0 Å². The van der Waals surface area contributed by atoms with E-state index in [9.17, 15) is 14.9 Å². The minimum atomic E-state index is -0.369. The average molecular weight is 395 g/mol. The molecule has 1 aliphatic heterocycles. The Balaban J connectivity index is 1.42. The van der Waals surface area contributed by atoms with Gasteiger partial charge in [-0.3, -0.25) is 14.9 Å². The third-order valence-electron chi connectivity index (χ3n) is 5.26. The lowest BCUT2D eigenvalue weighted by Gasteiger charge is -2.35. The van der Waals surface area contributed by atoms with Gasteiger partial charge in [-0.05, 0) is 18.2 Å². The highest BCUT2D eigenvalue weighted by Gasteiger charge is 2.26. The predicted octanol–water partition coefficient (Wildman–Crippen LogP) is 3.24. The van der Waals surface area contributed by atoms with Crippen molar-refractivity contribution in [3.05, 3.63) is 64.4 Å². The fourth-order valence-electron chi connectivity index (χ4n) is 3.68. The van der Waals surface area contributed by atoms with Crippen molar-refractivity contribution in [3.63, 3.8) is 0 Å². The molecule has 150 valence electrons. The van der Waals surface area contributed by atoms with E-state index in [4.69, 9.17) is 9.15 Å². The van der Waals surface area contributed by atoms with Crippen LogP contribution in [0, 0.1) is 10.1 Å². The highest BCUT2D eigenvalue weighted by molar-refractivity contribution is 5.88. The summed E-state index contributed by atoms with van der Waals surface area (Å²) in [4.78, 5) is 27.4. The van der Waals surface area contributed by atoms with Crippen LogP contribution in [-0.2, 0) is 11.2 Å². The van der Waals surface area contributed by atoms with Gasteiger partial charge in [0.1, 0.15) is 17.0 Å². The zero-order valence-corrected chi connectivity index (χ0v) is 16.0. The van der Waals surface area contributed by atoms with Crippen LogP contribution in [0.1, 0.15) is 5.56 Å². The average Bonchev–Trinajstić information content (AvgIpc) is 3.15. The number of hydrogen-bond acceptors (Lipinski definition) is 6. The number of ether oxygens (including phenoxy) is 1. The van der Waals surface area contributed by atoms with Crippen LogP contribution in [0.25, 0.3) is 11.0 Å². The summed E-state index contributed by atoms with van der Waals surface area (Å²) in [5.41, 5.74) is 2.22. The van der Waals surface area contributed by atoms with Crippen molar-refractivity contribution in [1.82, 2.24) is 4.90 Å². The molecule has 2 aromatic carbocycles. The van der Waals surface area contributed by atoms with Crippen LogP contribution in [-0.4, -0.2) is 49.0 Å². The number of para-hydroxylation sites is 2. The molecule has 3 aromatic rings. The number of benzene rings is 2. The maximum Gasteiger partial charge on any atom is 0.292 e. The molecule has 8 nitrogen and oxygen atoms in total. The number of amides is 1. The predicted molar refractivity (Wildman–Crippen MR) is 108 cm³/mol. The number of nitrogens with zero attached hydrogens (tertiary/aromatic N) is 3. The van der Waals surface area contributed by atoms with Gasteiger partial charge in [-0.15, -0.1) is 0 Å². The normalized spacial score (nSPS) is 14.2. The molecule has 1 saturated heterocycles. The maximum atomic E-state index is 12.8. The monoisotopic (exact) mass is 395 g/mol. The molecular formula is C21H21N3O5. The van der Waals surface area contributed by atoms with Crippen LogP contribution in [0.3, 0.4) is 0 Å². The van der Waals surface area contributed by atoms with Gasteiger partial charge >= 0.3 is 0 Å². The van der Waals surface area contributed by atoms with E-state index in [0.29, 0.717) is 43.2 Å². The molecule has 29 heavy (non-hydrogen) atoms. The lowest BCUT2D eigenvalue weighted by molar-refractivity contribution is -0.384. The molecule has 0 N–H and O–H groups in total. The van der Waals surface area contributed by atoms with Crippen molar-refractivity contribution in [3.8, 4) is 5.75 Å². The molecule has 0 bridgehead atoms. The van der Waals surface area contributed by atoms with Crippen molar-refractivity contribution >= 4 is 28.3 Å². The number of methoxy groups -OCH3 is 1. The number of nitro benzene ring substituents is 1. The van der Waals surface area contributed by atoms with Crippen molar-refractivity contribution in [2.75, 3.05) is 38.2 Å². The number of furan rings is 1. The van der Waals surface area contributed by atoms with Crippen molar-refractivity contribution in [2.24, 2.45) is 0 Å². The van der Waals surface area contributed by atoms with Crippen LogP contribution in [0.2, 0.25) is 0 Å². The Morgan fingerprint density at radius 3 is 2.66 bits per heavy atom. The van der Waals surface area contributed by atoms with E-state index in [2.05, 4.69) is 0 Å². The van der Waals surface area contributed by atoms with Crippen LogP contribution >= 0.6 is 0 Å². The summed E-state index contributed by atoms with van der Waals surface area (Å²) in [6.45, 7) is 2.16. The largest absolute Gasteiger partial charge is 0.497 e. The molecule has 2 heterocycles. The molecule has 1 aromatic heterocycles. The third-order valence-corrected chi connectivity index (χ3v) is 5.26. The molecule has 0 unspecified atom stereocenters. The molecule has 0 aliphatic carbocycles. The third kappa shape index (κ3) is 3.73. The molecule has 0 saturated carbocycles. The van der Waals surface area contributed by atoms with Crippen LogP contribution in [0.15, 0.2) is 53.1 Å². The molecule has 0 atom stereocenters. The smallest absolute Gasteiger partial charge is 0.292 e. The lowest BCUT2D eigenvalue weighted by Crippen LogP contribution is -2.49. The number of fused-ring (bicyclic) bond motifs is 1. The zero-order valence-electron chi connectivity index (χ0n) is 16.0. The van der Waals surface area contributed by atoms with Gasteiger partial charge in [0.05, 0.1) is 24.7 Å². The Hall–Kier alpha value is -3.55. The summed E-state index contributed by atoms with van der Waals surface area (Å²) in [6.07, 6.45) is 1.87. The Bertz CT molecular complexity index is 1050. The molecule has 1 fully saturated rings. The first-order chi connectivity index (χ1) is 14.1. The number of rotatable bonds is 5. The number of carbonyl (C=O) groups is 1. The topological polar surface area (TPSA) is 89.1 Å². The molecule has 4 rings (SSSR count). The number of piperazine rings is 1. The first-order valence-electron chi connectivity index (χ1n) is 9.37. The van der Waals surface area contributed by atoms with Crippen LogP contribution < -0.4 is 9.64 Å². The number of nitro groups is 1. The summed E-state index contributed by atoms with van der Waals surface area (Å²) < 4.78 is 10.8. The maximum absolute atomic E-state index is 12.8. The molecule has 0 radical (unpaired) electrons. The highest BCUT2D eigenvalue weighted by Crippen LogP contribution is 2.29. The SMILES string of the molecule is COc1ccc2c(CC(=O)N3CCN(c4ccccc4[N+](=O)[O-])CC3)coc2c1. The van der Waals surface area contributed by atoms with Crippen LogP contribution in [0.5, 0.6) is 5.75 Å². The fourth-order valence-corrected chi connectivity index (χ4v) is 3.68. The summed E-state index contributed by atoms with van der Waals surface area (Å²) in [5, 5.41) is 12.2. The van der Waals surface area contributed by atoms with E-state index in [0.717, 1.165) is 10.9 Å². The summed E-state index contributed by atoms with van der Waals surface area (Å²) >= 11 is 0.